The third-order valence-corrected chi connectivity index (χ3v) is 4.67. The second-order valence-corrected chi connectivity index (χ2v) is 6.67. The Kier molecular flexibility index (Phi) is 10.1. The van der Waals surface area contributed by atoms with Crippen LogP contribution in [-0.2, 0) is 17.8 Å². The number of hydrogen-bond acceptors (Lipinski definition) is 4. The molecule has 2 aromatic rings. The largest absolute Gasteiger partial charge is 0.497 e. The molecule has 2 N–H and O–H groups in total. The number of ether oxygens (including phenoxy) is 2. The Hall–Kier alpha value is -2.00. The maximum atomic E-state index is 5.42. The van der Waals surface area contributed by atoms with E-state index in [1.54, 1.807) is 7.11 Å². The van der Waals surface area contributed by atoms with Crippen LogP contribution in [0, 0.1) is 0 Å². The summed E-state index contributed by atoms with van der Waals surface area (Å²) in [6.45, 7) is 7.74. The van der Waals surface area contributed by atoms with Gasteiger partial charge in [0.15, 0.2) is 5.96 Å². The molecule has 0 spiro atoms. The van der Waals surface area contributed by atoms with Crippen LogP contribution in [0.2, 0.25) is 0 Å². The Morgan fingerprint density at radius 2 is 1.83 bits per heavy atom. The van der Waals surface area contributed by atoms with Crippen LogP contribution in [0.15, 0.2) is 53.5 Å². The molecule has 0 bridgehead atoms. The molecule has 6 nitrogen and oxygen atoms in total. The first-order chi connectivity index (χ1) is 13.8. The lowest BCUT2D eigenvalue weighted by Crippen LogP contribution is -2.37. The number of halogens is 1. The van der Waals surface area contributed by atoms with Crippen molar-refractivity contribution in [3.05, 3.63) is 59.7 Å². The fourth-order valence-corrected chi connectivity index (χ4v) is 3.11. The van der Waals surface area contributed by atoms with E-state index in [2.05, 4.69) is 57.8 Å². The number of nitrogens with zero attached hydrogens (tertiary/aromatic N) is 2. The predicted octanol–water partition coefficient (Wildman–Crippen LogP) is 3.41. The van der Waals surface area contributed by atoms with Gasteiger partial charge in [0, 0.05) is 31.9 Å². The highest BCUT2D eigenvalue weighted by Gasteiger charge is 2.10. The van der Waals surface area contributed by atoms with Gasteiger partial charge in [0.2, 0.25) is 0 Å². The second-order valence-electron chi connectivity index (χ2n) is 6.67. The van der Waals surface area contributed by atoms with E-state index in [1.165, 1.54) is 11.3 Å². The van der Waals surface area contributed by atoms with Gasteiger partial charge in [-0.2, -0.15) is 0 Å². The molecule has 0 atom stereocenters. The van der Waals surface area contributed by atoms with Gasteiger partial charge in [-0.15, -0.1) is 24.0 Å². The number of anilines is 1. The van der Waals surface area contributed by atoms with Gasteiger partial charge in [0.05, 0.1) is 26.9 Å². The normalized spacial score (nSPS) is 14.1. The van der Waals surface area contributed by atoms with Crippen LogP contribution in [0.5, 0.6) is 5.75 Å². The highest BCUT2D eigenvalue weighted by molar-refractivity contribution is 14.0. The molecule has 0 aromatic heterocycles. The molecule has 158 valence electrons. The van der Waals surface area contributed by atoms with Crippen LogP contribution in [0.1, 0.15) is 18.1 Å². The van der Waals surface area contributed by atoms with Crippen molar-refractivity contribution in [1.82, 2.24) is 10.6 Å². The van der Waals surface area contributed by atoms with Crippen molar-refractivity contribution in [1.29, 1.82) is 0 Å². The summed E-state index contributed by atoms with van der Waals surface area (Å²) >= 11 is 0. The van der Waals surface area contributed by atoms with E-state index in [-0.39, 0.29) is 24.0 Å². The molecular weight excluding hydrogens is 479 g/mol. The average molecular weight is 510 g/mol. The second kappa shape index (κ2) is 12.5. The van der Waals surface area contributed by atoms with E-state index in [1.807, 2.05) is 18.2 Å². The maximum Gasteiger partial charge on any atom is 0.191 e. The van der Waals surface area contributed by atoms with E-state index in [0.29, 0.717) is 6.54 Å². The van der Waals surface area contributed by atoms with E-state index in [9.17, 15) is 0 Å². The minimum absolute atomic E-state index is 0. The van der Waals surface area contributed by atoms with Gasteiger partial charge in [0.1, 0.15) is 5.75 Å². The molecular formula is C22H31IN4O2. The fraction of sp³-hybridized carbons (Fsp3) is 0.409. The van der Waals surface area contributed by atoms with Crippen LogP contribution >= 0.6 is 24.0 Å². The SMILES string of the molecule is CCNC(=NCc1cccc(OC)c1)NCc1ccc(N2CCOCC2)cc1.I. The third-order valence-electron chi connectivity index (χ3n) is 4.67. The van der Waals surface area contributed by atoms with Gasteiger partial charge in [-0.3, -0.25) is 0 Å². The van der Waals surface area contributed by atoms with Gasteiger partial charge in [-0.1, -0.05) is 24.3 Å². The van der Waals surface area contributed by atoms with Crippen molar-refractivity contribution in [2.24, 2.45) is 4.99 Å². The summed E-state index contributed by atoms with van der Waals surface area (Å²) in [6.07, 6.45) is 0. The Labute approximate surface area is 190 Å². The van der Waals surface area contributed by atoms with Crippen LogP contribution in [0.3, 0.4) is 0 Å². The summed E-state index contributed by atoms with van der Waals surface area (Å²) in [4.78, 5) is 7.04. The Balaban J connectivity index is 0.00000300. The Morgan fingerprint density at radius 3 is 2.52 bits per heavy atom. The lowest BCUT2D eigenvalue weighted by molar-refractivity contribution is 0.122. The summed E-state index contributed by atoms with van der Waals surface area (Å²) in [5.74, 6) is 1.66. The Bertz CT molecular complexity index is 762. The van der Waals surface area contributed by atoms with Crippen molar-refractivity contribution in [3.63, 3.8) is 0 Å². The summed E-state index contributed by atoms with van der Waals surface area (Å²) in [6, 6.07) is 16.7. The molecule has 7 heteroatoms. The van der Waals surface area contributed by atoms with Crippen molar-refractivity contribution in [2.45, 2.75) is 20.0 Å². The molecule has 0 radical (unpaired) electrons. The molecule has 0 unspecified atom stereocenters. The zero-order valence-electron chi connectivity index (χ0n) is 17.2. The summed E-state index contributed by atoms with van der Waals surface area (Å²) in [5.41, 5.74) is 3.60. The first-order valence-corrected chi connectivity index (χ1v) is 9.85. The number of guanidine groups is 1. The summed E-state index contributed by atoms with van der Waals surface area (Å²) < 4.78 is 10.7. The molecule has 0 amide bonds. The maximum absolute atomic E-state index is 5.42. The summed E-state index contributed by atoms with van der Waals surface area (Å²) in [5, 5.41) is 6.71. The molecule has 2 aromatic carbocycles. The number of benzene rings is 2. The smallest absolute Gasteiger partial charge is 0.191 e. The monoisotopic (exact) mass is 510 g/mol. The predicted molar refractivity (Wildman–Crippen MR) is 130 cm³/mol. The van der Waals surface area contributed by atoms with Crippen molar-refractivity contribution in [3.8, 4) is 5.75 Å². The fourth-order valence-electron chi connectivity index (χ4n) is 3.11. The number of morpholine rings is 1. The minimum Gasteiger partial charge on any atom is -0.497 e. The van der Waals surface area contributed by atoms with E-state index in [4.69, 9.17) is 9.47 Å². The van der Waals surface area contributed by atoms with Crippen molar-refractivity contribution >= 4 is 35.6 Å². The quantitative estimate of drug-likeness (QED) is 0.340. The van der Waals surface area contributed by atoms with Crippen LogP contribution in [-0.4, -0.2) is 45.9 Å². The van der Waals surface area contributed by atoms with Crippen LogP contribution < -0.4 is 20.3 Å². The van der Waals surface area contributed by atoms with Crippen molar-refractivity contribution < 1.29 is 9.47 Å². The minimum atomic E-state index is 0. The van der Waals surface area contributed by atoms with E-state index < -0.39 is 0 Å². The Morgan fingerprint density at radius 1 is 1.07 bits per heavy atom. The first-order valence-electron chi connectivity index (χ1n) is 9.85. The molecule has 1 heterocycles. The number of nitrogens with one attached hydrogen (secondary N) is 2. The first kappa shape index (κ1) is 23.3. The lowest BCUT2D eigenvalue weighted by Gasteiger charge is -2.28. The topological polar surface area (TPSA) is 58.1 Å². The van der Waals surface area contributed by atoms with Gasteiger partial charge < -0.3 is 25.0 Å². The van der Waals surface area contributed by atoms with Crippen LogP contribution in [0.25, 0.3) is 0 Å². The molecule has 1 aliphatic rings. The summed E-state index contributed by atoms with van der Waals surface area (Å²) in [7, 11) is 1.68. The van der Waals surface area contributed by atoms with Gasteiger partial charge >= 0.3 is 0 Å². The zero-order valence-corrected chi connectivity index (χ0v) is 19.5. The molecule has 1 aliphatic heterocycles. The average Bonchev–Trinajstić information content (AvgIpc) is 2.77. The molecule has 0 aliphatic carbocycles. The molecule has 0 saturated carbocycles. The van der Waals surface area contributed by atoms with E-state index >= 15 is 0 Å². The molecule has 1 fully saturated rings. The van der Waals surface area contributed by atoms with Gasteiger partial charge in [-0.05, 0) is 42.3 Å². The lowest BCUT2D eigenvalue weighted by atomic mass is 10.2. The molecule has 29 heavy (non-hydrogen) atoms. The number of aliphatic imine (C=N–C) groups is 1. The zero-order chi connectivity index (χ0) is 19.6. The number of methoxy groups -OCH3 is 1. The third kappa shape index (κ3) is 7.40. The standard InChI is InChI=1S/C22H30N4O2.HI/c1-3-23-22(25-17-19-5-4-6-21(15-19)27-2)24-16-18-7-9-20(10-8-18)26-11-13-28-14-12-26;/h4-10,15H,3,11-14,16-17H2,1-2H3,(H2,23,24,25);1H. The van der Waals surface area contributed by atoms with Gasteiger partial charge in [0.25, 0.3) is 0 Å². The van der Waals surface area contributed by atoms with Crippen LogP contribution in [0.4, 0.5) is 5.69 Å². The number of hydrogen-bond donors (Lipinski definition) is 2. The van der Waals surface area contributed by atoms with Gasteiger partial charge in [-0.25, -0.2) is 4.99 Å². The molecule has 3 rings (SSSR count). The molecule has 1 saturated heterocycles. The van der Waals surface area contributed by atoms with Crippen molar-refractivity contribution in [2.75, 3.05) is 44.9 Å². The highest BCUT2D eigenvalue weighted by atomic mass is 127. The number of rotatable bonds is 7. The van der Waals surface area contributed by atoms with E-state index in [0.717, 1.165) is 56.7 Å². The highest BCUT2D eigenvalue weighted by Crippen LogP contribution is 2.17.